The summed E-state index contributed by atoms with van der Waals surface area (Å²) in [6.45, 7) is 0. The molecule has 1 aromatic heterocycles. The van der Waals surface area contributed by atoms with E-state index in [4.69, 9.17) is 18.9 Å². The van der Waals surface area contributed by atoms with Crippen molar-refractivity contribution in [1.29, 1.82) is 0 Å². The van der Waals surface area contributed by atoms with Gasteiger partial charge in [-0.25, -0.2) is 0 Å². The number of nitrogens with zero attached hydrogens (tertiary/aromatic N) is 3. The molecule has 0 bridgehead atoms. The Morgan fingerprint density at radius 2 is 1.44 bits per heavy atom. The van der Waals surface area contributed by atoms with Crippen LogP contribution in [-0.4, -0.2) is 43.2 Å². The van der Waals surface area contributed by atoms with Crippen LogP contribution in [0, 0.1) is 0 Å². The van der Waals surface area contributed by atoms with Gasteiger partial charge < -0.3 is 18.9 Å². The van der Waals surface area contributed by atoms with Gasteiger partial charge >= 0.3 is 0 Å². The van der Waals surface area contributed by atoms with E-state index in [0.29, 0.717) is 23.1 Å². The van der Waals surface area contributed by atoms with Gasteiger partial charge in [-0.15, -0.1) is 10.2 Å². The molecule has 0 N–H and O–H groups in total. The first-order chi connectivity index (χ1) is 12.2. The average molecular weight is 341 g/mol. The molecule has 0 unspecified atom stereocenters. The Kier molecular flexibility index (Phi) is 4.74. The van der Waals surface area contributed by atoms with Crippen molar-refractivity contribution in [3.8, 4) is 40.1 Å². The molecule has 0 aliphatic carbocycles. The molecule has 7 heteroatoms. The summed E-state index contributed by atoms with van der Waals surface area (Å²) in [7, 11) is 6.36. The highest BCUT2D eigenvalue weighted by Crippen LogP contribution is 2.41. The van der Waals surface area contributed by atoms with Gasteiger partial charge in [-0.05, 0) is 36.4 Å². The van der Waals surface area contributed by atoms with E-state index in [1.807, 2.05) is 41.0 Å². The highest BCUT2D eigenvalue weighted by molar-refractivity contribution is 5.68. The largest absolute Gasteiger partial charge is 0.497 e. The van der Waals surface area contributed by atoms with Crippen molar-refractivity contribution in [2.75, 3.05) is 28.4 Å². The second-order valence-electron chi connectivity index (χ2n) is 5.14. The van der Waals surface area contributed by atoms with Crippen LogP contribution in [0.1, 0.15) is 0 Å². The molecule has 0 radical (unpaired) electrons. The second kappa shape index (κ2) is 7.12. The molecule has 7 nitrogen and oxygen atoms in total. The summed E-state index contributed by atoms with van der Waals surface area (Å²) in [6.07, 6.45) is 1.65. The standard InChI is InChI=1S/C18H19N3O4/c1-22-14-7-5-13(6-8-14)21-11-19-20-18(21)12-9-15(23-2)17(25-4)16(10-12)24-3/h5-11H,1-4H3. The monoisotopic (exact) mass is 341 g/mol. The fourth-order valence-corrected chi connectivity index (χ4v) is 2.57. The molecule has 0 saturated carbocycles. The summed E-state index contributed by atoms with van der Waals surface area (Å²) in [5.74, 6) is 3.09. The van der Waals surface area contributed by atoms with Crippen molar-refractivity contribution < 1.29 is 18.9 Å². The van der Waals surface area contributed by atoms with Crippen molar-refractivity contribution in [1.82, 2.24) is 14.8 Å². The number of hydrogen-bond acceptors (Lipinski definition) is 6. The lowest BCUT2D eigenvalue weighted by molar-refractivity contribution is 0.324. The van der Waals surface area contributed by atoms with Crippen LogP contribution in [0.5, 0.6) is 23.0 Å². The van der Waals surface area contributed by atoms with E-state index < -0.39 is 0 Å². The zero-order chi connectivity index (χ0) is 17.8. The summed E-state index contributed by atoms with van der Waals surface area (Å²) in [4.78, 5) is 0. The molecule has 1 heterocycles. The van der Waals surface area contributed by atoms with Crippen LogP contribution >= 0.6 is 0 Å². The molecule has 0 aliphatic rings. The minimum absolute atomic E-state index is 0.532. The zero-order valence-electron chi connectivity index (χ0n) is 14.5. The van der Waals surface area contributed by atoms with Gasteiger partial charge in [-0.3, -0.25) is 4.57 Å². The van der Waals surface area contributed by atoms with Gasteiger partial charge in [0.15, 0.2) is 17.3 Å². The summed E-state index contributed by atoms with van der Waals surface area (Å²) in [6, 6.07) is 11.3. The summed E-state index contributed by atoms with van der Waals surface area (Å²) in [5.41, 5.74) is 1.71. The number of ether oxygens (including phenoxy) is 4. The summed E-state index contributed by atoms with van der Waals surface area (Å²) in [5, 5.41) is 8.28. The highest BCUT2D eigenvalue weighted by Gasteiger charge is 2.17. The fourth-order valence-electron chi connectivity index (χ4n) is 2.57. The lowest BCUT2D eigenvalue weighted by Crippen LogP contribution is -1.99. The minimum Gasteiger partial charge on any atom is -0.497 e. The maximum atomic E-state index is 5.41. The number of rotatable bonds is 6. The molecule has 2 aromatic carbocycles. The molecule has 0 aliphatic heterocycles. The van der Waals surface area contributed by atoms with Crippen LogP contribution in [0.25, 0.3) is 17.1 Å². The molecule has 0 atom stereocenters. The predicted molar refractivity (Wildman–Crippen MR) is 93.0 cm³/mol. The van der Waals surface area contributed by atoms with Gasteiger partial charge in [0.25, 0.3) is 0 Å². The average Bonchev–Trinajstić information content (AvgIpc) is 3.16. The predicted octanol–water partition coefficient (Wildman–Crippen LogP) is 2.97. The topological polar surface area (TPSA) is 67.6 Å². The van der Waals surface area contributed by atoms with Crippen LogP contribution in [0.15, 0.2) is 42.7 Å². The van der Waals surface area contributed by atoms with Crippen LogP contribution < -0.4 is 18.9 Å². The lowest BCUT2D eigenvalue weighted by Gasteiger charge is -2.14. The fraction of sp³-hybridized carbons (Fsp3) is 0.222. The molecule has 0 spiro atoms. The van der Waals surface area contributed by atoms with E-state index in [9.17, 15) is 0 Å². The van der Waals surface area contributed by atoms with Gasteiger partial charge in [-0.1, -0.05) is 0 Å². The molecule has 25 heavy (non-hydrogen) atoms. The molecule has 3 aromatic rings. The number of hydrogen-bond donors (Lipinski definition) is 0. The second-order valence-corrected chi connectivity index (χ2v) is 5.14. The van der Waals surface area contributed by atoms with E-state index in [-0.39, 0.29) is 0 Å². The third-order valence-corrected chi connectivity index (χ3v) is 3.82. The molecular weight excluding hydrogens is 322 g/mol. The third kappa shape index (κ3) is 3.08. The first-order valence-electron chi connectivity index (χ1n) is 7.56. The Morgan fingerprint density at radius 1 is 0.800 bits per heavy atom. The van der Waals surface area contributed by atoms with E-state index >= 15 is 0 Å². The van der Waals surface area contributed by atoms with Crippen molar-refractivity contribution >= 4 is 0 Å². The van der Waals surface area contributed by atoms with Gasteiger partial charge in [0, 0.05) is 11.3 Å². The van der Waals surface area contributed by atoms with Gasteiger partial charge in [0.05, 0.1) is 28.4 Å². The Labute approximate surface area is 145 Å². The third-order valence-electron chi connectivity index (χ3n) is 3.82. The summed E-state index contributed by atoms with van der Waals surface area (Å²) < 4.78 is 23.3. The normalized spacial score (nSPS) is 10.4. The van der Waals surface area contributed by atoms with E-state index in [0.717, 1.165) is 17.0 Å². The maximum Gasteiger partial charge on any atom is 0.203 e. The molecule has 0 fully saturated rings. The van der Waals surface area contributed by atoms with Crippen molar-refractivity contribution in [2.45, 2.75) is 0 Å². The molecule has 3 rings (SSSR count). The molecular formula is C18H19N3O4. The van der Waals surface area contributed by atoms with Gasteiger partial charge in [0.2, 0.25) is 5.75 Å². The van der Waals surface area contributed by atoms with Crippen molar-refractivity contribution in [2.24, 2.45) is 0 Å². The van der Waals surface area contributed by atoms with Crippen molar-refractivity contribution in [3.05, 3.63) is 42.7 Å². The quantitative estimate of drug-likeness (QED) is 0.687. The van der Waals surface area contributed by atoms with Crippen LogP contribution in [0.4, 0.5) is 0 Å². The molecule has 130 valence electrons. The van der Waals surface area contributed by atoms with Crippen LogP contribution in [0.2, 0.25) is 0 Å². The first kappa shape index (κ1) is 16.6. The maximum absolute atomic E-state index is 5.41. The number of aromatic nitrogens is 3. The lowest BCUT2D eigenvalue weighted by atomic mass is 10.1. The van der Waals surface area contributed by atoms with E-state index in [2.05, 4.69) is 10.2 Å². The van der Waals surface area contributed by atoms with E-state index in [1.54, 1.807) is 34.8 Å². The Hall–Kier alpha value is -3.22. The number of benzene rings is 2. The van der Waals surface area contributed by atoms with Gasteiger partial charge in [0.1, 0.15) is 12.1 Å². The minimum atomic E-state index is 0.532. The van der Waals surface area contributed by atoms with Crippen LogP contribution in [0.3, 0.4) is 0 Å². The smallest absolute Gasteiger partial charge is 0.203 e. The van der Waals surface area contributed by atoms with Crippen molar-refractivity contribution in [3.63, 3.8) is 0 Å². The number of methoxy groups -OCH3 is 4. The first-order valence-corrected chi connectivity index (χ1v) is 7.56. The summed E-state index contributed by atoms with van der Waals surface area (Å²) >= 11 is 0. The Bertz CT molecular complexity index is 834. The molecule has 0 amide bonds. The Morgan fingerprint density at radius 3 is 1.96 bits per heavy atom. The van der Waals surface area contributed by atoms with E-state index in [1.165, 1.54) is 0 Å². The van der Waals surface area contributed by atoms with Crippen LogP contribution in [-0.2, 0) is 0 Å². The molecule has 0 saturated heterocycles. The SMILES string of the molecule is COc1ccc(-n2cnnc2-c2cc(OC)c(OC)c(OC)c2)cc1. The highest BCUT2D eigenvalue weighted by atomic mass is 16.5. The Balaban J connectivity index is 2.10. The van der Waals surface area contributed by atoms with Gasteiger partial charge in [-0.2, -0.15) is 0 Å². The zero-order valence-corrected chi connectivity index (χ0v) is 14.5.